The van der Waals surface area contributed by atoms with E-state index < -0.39 is 0 Å². The molecule has 4 rings (SSSR count). The molecule has 0 aliphatic carbocycles. The lowest BCUT2D eigenvalue weighted by molar-refractivity contribution is -0.126. The number of methoxy groups -OCH3 is 1. The van der Waals surface area contributed by atoms with Crippen molar-refractivity contribution in [3.8, 4) is 11.5 Å². The SMILES string of the molecule is COc1cccc2c1OCC(C(=O)NCCCn1nnc3ccccc31)C2. The fourth-order valence-corrected chi connectivity index (χ4v) is 3.39. The molecule has 0 spiro atoms. The average molecular weight is 366 g/mol. The Bertz CT molecular complexity index is 953. The van der Waals surface area contributed by atoms with Gasteiger partial charge in [0.1, 0.15) is 12.1 Å². The van der Waals surface area contributed by atoms with Crippen molar-refractivity contribution < 1.29 is 14.3 Å². The third-order valence-corrected chi connectivity index (χ3v) is 4.81. The molecular weight excluding hydrogens is 344 g/mol. The van der Waals surface area contributed by atoms with Crippen molar-refractivity contribution in [2.24, 2.45) is 5.92 Å². The molecule has 1 atom stereocenters. The normalized spacial score (nSPS) is 15.8. The number of carbonyl (C=O) groups is 1. The Kier molecular flexibility index (Phi) is 4.91. The van der Waals surface area contributed by atoms with Crippen molar-refractivity contribution in [3.63, 3.8) is 0 Å². The Balaban J connectivity index is 1.29. The number of aryl methyl sites for hydroxylation is 1. The topological polar surface area (TPSA) is 78.3 Å². The van der Waals surface area contributed by atoms with Gasteiger partial charge in [-0.1, -0.05) is 29.5 Å². The third kappa shape index (κ3) is 3.58. The Hall–Kier alpha value is -3.09. The van der Waals surface area contributed by atoms with Crippen molar-refractivity contribution in [1.82, 2.24) is 20.3 Å². The summed E-state index contributed by atoms with van der Waals surface area (Å²) in [6, 6.07) is 13.6. The number of nitrogens with one attached hydrogen (secondary N) is 1. The number of carbonyl (C=O) groups excluding carboxylic acids is 1. The van der Waals surface area contributed by atoms with Crippen LogP contribution in [0.3, 0.4) is 0 Å². The molecule has 7 heteroatoms. The molecule has 3 aromatic rings. The van der Waals surface area contributed by atoms with E-state index in [1.807, 2.05) is 47.1 Å². The van der Waals surface area contributed by atoms with Crippen LogP contribution < -0.4 is 14.8 Å². The van der Waals surface area contributed by atoms with Gasteiger partial charge in [-0.25, -0.2) is 4.68 Å². The van der Waals surface area contributed by atoms with Crippen LogP contribution in [0, 0.1) is 5.92 Å². The first-order chi connectivity index (χ1) is 13.3. The van der Waals surface area contributed by atoms with E-state index in [-0.39, 0.29) is 11.8 Å². The Labute approximate surface area is 157 Å². The molecule has 0 radical (unpaired) electrons. The number of hydrogen-bond donors (Lipinski definition) is 1. The van der Waals surface area contributed by atoms with E-state index in [1.54, 1.807) is 7.11 Å². The Morgan fingerprint density at radius 2 is 2.19 bits per heavy atom. The molecule has 1 aromatic heterocycles. The minimum Gasteiger partial charge on any atom is -0.493 e. The van der Waals surface area contributed by atoms with E-state index in [9.17, 15) is 4.79 Å². The highest BCUT2D eigenvalue weighted by molar-refractivity contribution is 5.79. The van der Waals surface area contributed by atoms with Gasteiger partial charge in [0.05, 0.1) is 18.5 Å². The van der Waals surface area contributed by atoms with Crippen LogP contribution in [0.4, 0.5) is 0 Å². The number of rotatable bonds is 6. The van der Waals surface area contributed by atoms with Crippen molar-refractivity contribution >= 4 is 16.9 Å². The standard InChI is InChI=1S/C20H22N4O3/c1-26-18-9-4-6-14-12-15(13-27-19(14)18)20(25)21-10-5-11-24-17-8-3-2-7-16(17)22-23-24/h2-4,6-9,15H,5,10-13H2,1H3,(H,21,25). The van der Waals surface area contributed by atoms with E-state index in [1.165, 1.54) is 0 Å². The number of benzene rings is 2. The van der Waals surface area contributed by atoms with Gasteiger partial charge in [0.2, 0.25) is 5.91 Å². The lowest BCUT2D eigenvalue weighted by Crippen LogP contribution is -2.38. The van der Waals surface area contributed by atoms with E-state index in [4.69, 9.17) is 9.47 Å². The second kappa shape index (κ2) is 7.65. The fraction of sp³-hybridized carbons (Fsp3) is 0.350. The highest BCUT2D eigenvalue weighted by atomic mass is 16.5. The van der Waals surface area contributed by atoms with Gasteiger partial charge in [0, 0.05) is 13.1 Å². The summed E-state index contributed by atoms with van der Waals surface area (Å²) in [5, 5.41) is 11.3. The minimum absolute atomic E-state index is 0.0203. The van der Waals surface area contributed by atoms with Crippen LogP contribution in [-0.2, 0) is 17.8 Å². The number of ether oxygens (including phenoxy) is 2. The van der Waals surface area contributed by atoms with Crippen molar-refractivity contribution in [1.29, 1.82) is 0 Å². The zero-order valence-electron chi connectivity index (χ0n) is 15.2. The molecule has 1 amide bonds. The van der Waals surface area contributed by atoms with Crippen molar-refractivity contribution in [3.05, 3.63) is 48.0 Å². The van der Waals surface area contributed by atoms with Gasteiger partial charge >= 0.3 is 0 Å². The number of para-hydroxylation sites is 2. The van der Waals surface area contributed by atoms with Crippen LogP contribution in [0.1, 0.15) is 12.0 Å². The van der Waals surface area contributed by atoms with E-state index in [0.29, 0.717) is 31.9 Å². The molecule has 1 N–H and O–H groups in total. The van der Waals surface area contributed by atoms with Crippen molar-refractivity contribution in [2.45, 2.75) is 19.4 Å². The zero-order valence-corrected chi connectivity index (χ0v) is 15.2. The molecule has 0 saturated carbocycles. The van der Waals surface area contributed by atoms with E-state index in [2.05, 4.69) is 15.6 Å². The van der Waals surface area contributed by atoms with Crippen LogP contribution in [0.25, 0.3) is 11.0 Å². The minimum atomic E-state index is -0.184. The number of amides is 1. The van der Waals surface area contributed by atoms with Crippen LogP contribution in [-0.4, -0.2) is 41.2 Å². The number of hydrogen-bond acceptors (Lipinski definition) is 5. The molecule has 1 aliphatic heterocycles. The summed E-state index contributed by atoms with van der Waals surface area (Å²) in [5.74, 6) is 1.30. The van der Waals surface area contributed by atoms with Crippen molar-refractivity contribution in [2.75, 3.05) is 20.3 Å². The van der Waals surface area contributed by atoms with E-state index in [0.717, 1.165) is 28.8 Å². The summed E-state index contributed by atoms with van der Waals surface area (Å²) in [7, 11) is 1.62. The summed E-state index contributed by atoms with van der Waals surface area (Å²) in [4.78, 5) is 12.5. The predicted octanol–water partition coefficient (Wildman–Crippen LogP) is 2.20. The summed E-state index contributed by atoms with van der Waals surface area (Å²) in [6.07, 6.45) is 1.45. The quantitative estimate of drug-likeness (QED) is 0.677. The molecule has 7 nitrogen and oxygen atoms in total. The lowest BCUT2D eigenvalue weighted by Gasteiger charge is -2.25. The third-order valence-electron chi connectivity index (χ3n) is 4.81. The largest absolute Gasteiger partial charge is 0.493 e. The second-order valence-corrected chi connectivity index (χ2v) is 6.61. The molecule has 1 aliphatic rings. The molecule has 2 heterocycles. The van der Waals surface area contributed by atoms with Crippen LogP contribution in [0.2, 0.25) is 0 Å². The van der Waals surface area contributed by atoms with Gasteiger partial charge in [-0.3, -0.25) is 4.79 Å². The fourth-order valence-electron chi connectivity index (χ4n) is 3.39. The average Bonchev–Trinajstić information content (AvgIpc) is 3.13. The highest BCUT2D eigenvalue weighted by Crippen LogP contribution is 2.35. The lowest BCUT2D eigenvalue weighted by atomic mass is 9.95. The molecule has 0 fully saturated rings. The Morgan fingerprint density at radius 3 is 3.07 bits per heavy atom. The smallest absolute Gasteiger partial charge is 0.226 e. The van der Waals surface area contributed by atoms with Gasteiger partial charge in [0.25, 0.3) is 0 Å². The second-order valence-electron chi connectivity index (χ2n) is 6.61. The number of aromatic nitrogens is 3. The maximum absolute atomic E-state index is 12.5. The van der Waals surface area contributed by atoms with Crippen LogP contribution >= 0.6 is 0 Å². The first-order valence-electron chi connectivity index (χ1n) is 9.11. The maximum atomic E-state index is 12.5. The first-order valence-corrected chi connectivity index (χ1v) is 9.11. The van der Waals surface area contributed by atoms with Gasteiger partial charge in [-0.05, 0) is 36.6 Å². The predicted molar refractivity (Wildman–Crippen MR) is 101 cm³/mol. The Morgan fingerprint density at radius 1 is 1.30 bits per heavy atom. The maximum Gasteiger partial charge on any atom is 0.226 e. The summed E-state index contributed by atoms with van der Waals surface area (Å²) >= 11 is 0. The zero-order chi connectivity index (χ0) is 18.6. The molecule has 0 bridgehead atoms. The van der Waals surface area contributed by atoms with E-state index >= 15 is 0 Å². The molecule has 27 heavy (non-hydrogen) atoms. The van der Waals surface area contributed by atoms with Crippen LogP contribution in [0.5, 0.6) is 11.5 Å². The molecule has 1 unspecified atom stereocenters. The summed E-state index contributed by atoms with van der Waals surface area (Å²) < 4.78 is 13.0. The molecule has 140 valence electrons. The monoisotopic (exact) mass is 366 g/mol. The van der Waals surface area contributed by atoms with Gasteiger partial charge in [-0.2, -0.15) is 0 Å². The first kappa shape index (κ1) is 17.3. The number of nitrogens with zero attached hydrogens (tertiary/aromatic N) is 3. The summed E-state index contributed by atoms with van der Waals surface area (Å²) in [5.41, 5.74) is 2.90. The molecule has 2 aromatic carbocycles. The van der Waals surface area contributed by atoms with Crippen LogP contribution in [0.15, 0.2) is 42.5 Å². The summed E-state index contributed by atoms with van der Waals surface area (Å²) in [6.45, 7) is 1.67. The van der Waals surface area contributed by atoms with Gasteiger partial charge < -0.3 is 14.8 Å². The molecule has 0 saturated heterocycles. The van der Waals surface area contributed by atoms with Gasteiger partial charge in [-0.15, -0.1) is 5.10 Å². The van der Waals surface area contributed by atoms with Gasteiger partial charge in [0.15, 0.2) is 11.5 Å². The highest BCUT2D eigenvalue weighted by Gasteiger charge is 2.27. The molecular formula is C20H22N4O3. The number of fused-ring (bicyclic) bond motifs is 2.